The monoisotopic (exact) mass is 1130 g/mol. The molecule has 0 aliphatic heterocycles. The molecule has 0 fully saturated rings. The predicted octanol–water partition coefficient (Wildman–Crippen LogP) is 17.4. The van der Waals surface area contributed by atoms with Crippen LogP contribution >= 0.6 is 0 Å². The van der Waals surface area contributed by atoms with Gasteiger partial charge < -0.3 is 10.2 Å². The number of aromatic nitrogens is 2. The van der Waals surface area contributed by atoms with E-state index < -0.39 is 11.5 Å². The molecule has 0 N–H and O–H groups in total. The first kappa shape index (κ1) is 63.7. The summed E-state index contributed by atoms with van der Waals surface area (Å²) in [6, 6.07) is 47.8. The number of para-hydroxylation sites is 4. The number of hydrogen-bond acceptors (Lipinski definition) is 8. The summed E-state index contributed by atoms with van der Waals surface area (Å²) in [4.78, 5) is 29.8. The molecule has 8 aromatic rings. The van der Waals surface area contributed by atoms with Gasteiger partial charge in [-0.1, -0.05) is 177 Å². The van der Waals surface area contributed by atoms with Crippen molar-refractivity contribution in [1.82, 2.24) is 9.97 Å². The number of nitrogens with zero attached hydrogens (tertiary/aromatic N) is 6. The number of aliphatic imine (C=N–C) groups is 4. The minimum absolute atomic E-state index is 0. The number of hydrogen-bond donors (Lipinski definition) is 0. The SMILES string of the molecule is CC(=Nc1c(C)cccc1C(C)C)c1cccc(C(C)=Nc2c(C)cccc2C(C)C)n1.CC(=Nc1c(C)cccc1C(C)C)c1cccc(C(C)=Nc2c(C)cccc2C(C)C)n1.[Co+].[Co+].[O-]c1cc2ccccc2cc1[O-]. The zero-order chi connectivity index (χ0) is 55.4. The number of pyridine rings is 2. The van der Waals surface area contributed by atoms with Gasteiger partial charge in [0, 0.05) is 0 Å². The number of rotatable bonds is 12. The Labute approximate surface area is 485 Å². The Morgan fingerprint density at radius 3 is 0.769 bits per heavy atom. The van der Waals surface area contributed by atoms with Crippen LogP contribution in [-0.2, 0) is 33.6 Å². The first-order valence-electron chi connectivity index (χ1n) is 26.6. The van der Waals surface area contributed by atoms with Gasteiger partial charge in [-0.15, -0.1) is 11.5 Å². The Morgan fingerprint density at radius 2 is 0.551 bits per heavy atom. The van der Waals surface area contributed by atoms with E-state index in [4.69, 9.17) is 29.9 Å². The fourth-order valence-corrected chi connectivity index (χ4v) is 8.97. The van der Waals surface area contributed by atoms with Crippen molar-refractivity contribution in [1.29, 1.82) is 0 Å². The zero-order valence-corrected chi connectivity index (χ0v) is 50.4. The molecule has 0 aliphatic rings. The van der Waals surface area contributed by atoms with Gasteiger partial charge in [0.2, 0.25) is 0 Å². The number of fused-ring (bicyclic) bond motifs is 1. The molecule has 0 spiro atoms. The Morgan fingerprint density at radius 1 is 0.333 bits per heavy atom. The second kappa shape index (κ2) is 29.2. The van der Waals surface area contributed by atoms with Crippen molar-refractivity contribution in [2.24, 2.45) is 20.0 Å². The summed E-state index contributed by atoms with van der Waals surface area (Å²) in [5.41, 5.74) is 21.2. The molecule has 2 heterocycles. The molecule has 10 heteroatoms. The number of aryl methyl sites for hydroxylation is 4. The van der Waals surface area contributed by atoms with Crippen LogP contribution in [0.4, 0.5) is 22.7 Å². The Balaban J connectivity index is 0.000000271. The molecule has 8 nitrogen and oxygen atoms in total. The summed E-state index contributed by atoms with van der Waals surface area (Å²) in [5, 5.41) is 23.5. The topological polar surface area (TPSA) is 121 Å². The third kappa shape index (κ3) is 16.4. The van der Waals surface area contributed by atoms with E-state index in [-0.39, 0.29) is 33.6 Å². The summed E-state index contributed by atoms with van der Waals surface area (Å²) in [7, 11) is 0. The van der Waals surface area contributed by atoms with Gasteiger partial charge in [0.1, 0.15) is 0 Å². The quantitative estimate of drug-likeness (QED) is 0.113. The van der Waals surface area contributed by atoms with Crippen LogP contribution in [0.5, 0.6) is 11.5 Å². The zero-order valence-electron chi connectivity index (χ0n) is 48.3. The molecule has 0 amide bonds. The van der Waals surface area contributed by atoms with E-state index >= 15 is 0 Å². The molecular weight excluding hydrogens is 1050 g/mol. The molecule has 0 aliphatic carbocycles. The molecule has 0 saturated carbocycles. The molecule has 0 bridgehead atoms. The van der Waals surface area contributed by atoms with Gasteiger partial charge in [0.15, 0.2) is 0 Å². The van der Waals surface area contributed by atoms with Crippen LogP contribution in [0.2, 0.25) is 0 Å². The standard InChI is InChI=1S/2C29H35N3.C10H8O2.2Co/c2*1-18(2)24-14-9-12-20(5)28(24)30-22(7)26-16-11-17-27(32-26)23(8)31-29-21(6)13-10-15-25(29)19(3)4;11-9-5-7-3-1-2-4-8(7)6-10(9)12;;/h2*9-19H,1-8H3;1-6,11-12H;;/q;;;2*+1/p-2. The van der Waals surface area contributed by atoms with Gasteiger partial charge >= 0.3 is 33.6 Å². The third-order valence-corrected chi connectivity index (χ3v) is 13.5. The van der Waals surface area contributed by atoms with Gasteiger partial charge in [-0.05, 0) is 159 Å². The normalized spacial score (nSPS) is 12.0. The van der Waals surface area contributed by atoms with Crippen LogP contribution in [0.3, 0.4) is 0 Å². The van der Waals surface area contributed by atoms with E-state index in [9.17, 15) is 10.2 Å². The molecule has 2 aromatic heterocycles. The minimum atomic E-state index is -0.436. The van der Waals surface area contributed by atoms with E-state index in [0.717, 1.165) is 79.1 Å². The van der Waals surface area contributed by atoms with Crippen LogP contribution in [0.1, 0.15) is 174 Å². The molecule has 8 rings (SSSR count). The van der Waals surface area contributed by atoms with Crippen LogP contribution in [0, 0.1) is 27.7 Å². The molecule has 0 atom stereocenters. The molecule has 0 unspecified atom stereocenters. The van der Waals surface area contributed by atoms with Crippen molar-refractivity contribution in [2.45, 2.75) is 134 Å². The summed E-state index contributed by atoms with van der Waals surface area (Å²) in [6.45, 7) is 34.3. The molecule has 78 heavy (non-hydrogen) atoms. The predicted molar refractivity (Wildman–Crippen MR) is 320 cm³/mol. The Hall–Kier alpha value is -6.83. The first-order chi connectivity index (χ1) is 36.1. The molecular formula is C68H76Co2N6O2. The van der Waals surface area contributed by atoms with Crippen LogP contribution in [-0.4, -0.2) is 32.8 Å². The summed E-state index contributed by atoms with van der Waals surface area (Å²) in [5.74, 6) is 0.792. The van der Waals surface area contributed by atoms with E-state index in [1.807, 2.05) is 88.4 Å². The van der Waals surface area contributed by atoms with Crippen LogP contribution in [0.15, 0.2) is 166 Å². The second-order valence-corrected chi connectivity index (χ2v) is 20.9. The van der Waals surface area contributed by atoms with E-state index in [1.165, 1.54) is 56.6 Å². The van der Waals surface area contributed by atoms with Crippen molar-refractivity contribution in [3.63, 3.8) is 0 Å². The maximum atomic E-state index is 10.9. The van der Waals surface area contributed by atoms with Crippen molar-refractivity contribution in [2.75, 3.05) is 0 Å². The Bertz CT molecular complexity index is 3060. The van der Waals surface area contributed by atoms with Crippen LogP contribution in [0.25, 0.3) is 10.8 Å². The summed E-state index contributed by atoms with van der Waals surface area (Å²) >= 11 is 0. The molecule has 0 radical (unpaired) electrons. The fraction of sp³-hybridized carbons (Fsp3) is 0.294. The average Bonchev–Trinajstić information content (AvgIpc) is 3.41. The average molecular weight is 1130 g/mol. The summed E-state index contributed by atoms with van der Waals surface area (Å²) < 4.78 is 0. The maximum Gasteiger partial charge on any atom is 1.00 e. The molecule has 408 valence electrons. The minimum Gasteiger partial charge on any atom is -0.873 e. The largest absolute Gasteiger partial charge is 1.00 e. The van der Waals surface area contributed by atoms with Gasteiger partial charge in [0.05, 0.1) is 68.4 Å². The number of benzene rings is 6. The van der Waals surface area contributed by atoms with Gasteiger partial charge in [0.25, 0.3) is 0 Å². The van der Waals surface area contributed by atoms with E-state index in [1.54, 1.807) is 0 Å². The van der Waals surface area contributed by atoms with Gasteiger partial charge in [-0.2, -0.15) is 0 Å². The van der Waals surface area contributed by atoms with Crippen molar-refractivity contribution >= 4 is 56.4 Å². The van der Waals surface area contributed by atoms with Gasteiger partial charge in [-0.25, -0.2) is 9.97 Å². The summed E-state index contributed by atoms with van der Waals surface area (Å²) in [6.07, 6.45) is 0. The first-order valence-corrected chi connectivity index (χ1v) is 26.6. The maximum absolute atomic E-state index is 10.9. The van der Waals surface area contributed by atoms with Crippen LogP contribution < -0.4 is 10.2 Å². The fourth-order valence-electron chi connectivity index (χ4n) is 8.97. The second-order valence-electron chi connectivity index (χ2n) is 20.9. The molecule has 6 aromatic carbocycles. The van der Waals surface area contributed by atoms with Crippen molar-refractivity contribution in [3.8, 4) is 11.5 Å². The Kier molecular flexibility index (Phi) is 23.9. The van der Waals surface area contributed by atoms with E-state index in [2.05, 4.69) is 156 Å². The smallest absolute Gasteiger partial charge is 0.873 e. The molecule has 0 saturated heterocycles. The van der Waals surface area contributed by atoms with Gasteiger partial charge in [-0.3, -0.25) is 20.0 Å². The van der Waals surface area contributed by atoms with E-state index in [0.29, 0.717) is 23.7 Å². The van der Waals surface area contributed by atoms with Crippen molar-refractivity contribution < 1.29 is 43.8 Å². The third-order valence-electron chi connectivity index (χ3n) is 13.5. The van der Waals surface area contributed by atoms with Crippen molar-refractivity contribution in [3.05, 3.63) is 213 Å².